The largest absolute Gasteiger partial charge is 0.465 e. The molecular weight excluding hydrogens is 384 g/mol. The van der Waals surface area contributed by atoms with Crippen molar-refractivity contribution in [2.24, 2.45) is 4.99 Å². The molecule has 2 heterocycles. The Labute approximate surface area is 176 Å². The Morgan fingerprint density at radius 1 is 1.27 bits per heavy atom. The van der Waals surface area contributed by atoms with Crippen LogP contribution in [-0.4, -0.2) is 38.0 Å². The second-order valence-electron chi connectivity index (χ2n) is 7.04. The lowest BCUT2D eigenvalue weighted by atomic mass is 10.2. The molecule has 1 saturated heterocycles. The molecule has 0 bridgehead atoms. The first-order valence-electron chi connectivity index (χ1n) is 10.1. The minimum absolute atomic E-state index is 0.183. The van der Waals surface area contributed by atoms with Crippen LogP contribution in [0.4, 0.5) is 5.69 Å². The van der Waals surface area contributed by atoms with Gasteiger partial charge in [-0.2, -0.15) is 0 Å². The van der Waals surface area contributed by atoms with Gasteiger partial charge in [0.15, 0.2) is 5.96 Å². The number of furan rings is 1. The van der Waals surface area contributed by atoms with E-state index in [-0.39, 0.29) is 5.91 Å². The number of guanidine groups is 1. The first-order valence-corrected chi connectivity index (χ1v) is 10.1. The average molecular weight is 412 g/mol. The lowest BCUT2D eigenvalue weighted by Crippen LogP contribution is -2.36. The summed E-state index contributed by atoms with van der Waals surface area (Å²) in [4.78, 5) is 30.0. The number of hydrogen-bond donors (Lipinski definition) is 2. The number of aryl methyl sites for hydroxylation is 1. The number of hydrogen-bond acceptors (Lipinski definition) is 5. The summed E-state index contributed by atoms with van der Waals surface area (Å²) in [7, 11) is 1.35. The third kappa shape index (κ3) is 5.20. The highest BCUT2D eigenvalue weighted by molar-refractivity contribution is 5.95. The minimum atomic E-state index is -0.415. The van der Waals surface area contributed by atoms with Crippen LogP contribution >= 0.6 is 0 Å². The van der Waals surface area contributed by atoms with Gasteiger partial charge in [-0.25, -0.2) is 9.79 Å². The number of nitrogens with one attached hydrogen (secondary N) is 2. The maximum atomic E-state index is 11.9. The molecule has 1 aromatic heterocycles. The summed E-state index contributed by atoms with van der Waals surface area (Å²) in [5.74, 6) is 1.56. The van der Waals surface area contributed by atoms with Crippen LogP contribution in [0.2, 0.25) is 0 Å². The van der Waals surface area contributed by atoms with Crippen molar-refractivity contribution in [3.8, 4) is 0 Å². The van der Waals surface area contributed by atoms with Gasteiger partial charge in [-0.3, -0.25) is 4.79 Å². The van der Waals surface area contributed by atoms with E-state index in [0.717, 1.165) is 24.2 Å². The third-order valence-electron chi connectivity index (χ3n) is 4.89. The zero-order chi connectivity index (χ0) is 21.5. The quantitative estimate of drug-likeness (QED) is 0.412. The molecule has 0 aliphatic carbocycles. The van der Waals surface area contributed by atoms with E-state index in [1.807, 2.05) is 36.1 Å². The average Bonchev–Trinajstić information content (AvgIpc) is 3.35. The summed E-state index contributed by atoms with van der Waals surface area (Å²) in [5.41, 5.74) is 2.40. The fraction of sp³-hybridized carbons (Fsp3) is 0.409. The van der Waals surface area contributed by atoms with E-state index in [1.54, 1.807) is 13.0 Å². The van der Waals surface area contributed by atoms with Gasteiger partial charge in [-0.1, -0.05) is 12.1 Å². The molecule has 1 amide bonds. The number of aliphatic imine (C=N–C) groups is 1. The zero-order valence-corrected chi connectivity index (χ0v) is 17.7. The van der Waals surface area contributed by atoms with E-state index in [1.165, 1.54) is 7.11 Å². The SMILES string of the molecule is CCNC(=NCc1ccc(N2CCCC2=O)cc1)NCc1cc(C(=O)OC)c(C)o1. The van der Waals surface area contributed by atoms with Gasteiger partial charge in [0.05, 0.1) is 20.2 Å². The molecule has 0 spiro atoms. The fourth-order valence-corrected chi connectivity index (χ4v) is 3.33. The van der Waals surface area contributed by atoms with Crippen LogP contribution in [0.3, 0.4) is 0 Å². The van der Waals surface area contributed by atoms with E-state index in [9.17, 15) is 9.59 Å². The van der Waals surface area contributed by atoms with E-state index < -0.39 is 5.97 Å². The number of nitrogens with zero attached hydrogens (tertiary/aromatic N) is 2. The van der Waals surface area contributed by atoms with Crippen molar-refractivity contribution >= 4 is 23.5 Å². The second-order valence-corrected chi connectivity index (χ2v) is 7.04. The number of amides is 1. The van der Waals surface area contributed by atoms with Crippen LogP contribution < -0.4 is 15.5 Å². The van der Waals surface area contributed by atoms with Gasteiger partial charge in [0.1, 0.15) is 17.1 Å². The molecule has 1 aliphatic heterocycles. The van der Waals surface area contributed by atoms with Crippen LogP contribution in [0.15, 0.2) is 39.7 Å². The number of carbonyl (C=O) groups excluding carboxylic acids is 2. The van der Waals surface area contributed by atoms with Crippen molar-refractivity contribution in [1.82, 2.24) is 10.6 Å². The Balaban J connectivity index is 1.60. The van der Waals surface area contributed by atoms with Crippen molar-refractivity contribution < 1.29 is 18.7 Å². The molecule has 0 unspecified atom stereocenters. The molecule has 1 fully saturated rings. The second kappa shape index (κ2) is 9.96. The predicted octanol–water partition coefficient (Wildman–Crippen LogP) is 2.76. The predicted molar refractivity (Wildman–Crippen MR) is 114 cm³/mol. The highest BCUT2D eigenvalue weighted by Crippen LogP contribution is 2.21. The van der Waals surface area contributed by atoms with Gasteiger partial charge in [-0.15, -0.1) is 0 Å². The number of rotatable bonds is 7. The molecule has 8 nitrogen and oxygen atoms in total. The lowest BCUT2D eigenvalue weighted by molar-refractivity contribution is -0.117. The van der Waals surface area contributed by atoms with Crippen LogP contribution in [0, 0.1) is 6.92 Å². The van der Waals surface area contributed by atoms with Gasteiger partial charge in [0.2, 0.25) is 5.91 Å². The molecule has 8 heteroatoms. The molecule has 2 aromatic rings. The normalized spacial score (nSPS) is 14.2. The Morgan fingerprint density at radius 2 is 2.03 bits per heavy atom. The van der Waals surface area contributed by atoms with Crippen LogP contribution in [0.25, 0.3) is 0 Å². The van der Waals surface area contributed by atoms with Crippen molar-refractivity contribution in [2.75, 3.05) is 25.1 Å². The van der Waals surface area contributed by atoms with E-state index in [2.05, 4.69) is 15.6 Å². The number of anilines is 1. The third-order valence-corrected chi connectivity index (χ3v) is 4.89. The summed E-state index contributed by atoms with van der Waals surface area (Å²) in [6, 6.07) is 9.60. The molecule has 0 atom stereocenters. The molecule has 160 valence electrons. The van der Waals surface area contributed by atoms with Crippen LogP contribution in [0.1, 0.15) is 47.2 Å². The molecular formula is C22H28N4O4. The summed E-state index contributed by atoms with van der Waals surface area (Å²) in [5, 5.41) is 6.40. The summed E-state index contributed by atoms with van der Waals surface area (Å²) >= 11 is 0. The van der Waals surface area contributed by atoms with Gasteiger partial charge >= 0.3 is 5.97 Å². The van der Waals surface area contributed by atoms with E-state index >= 15 is 0 Å². The lowest BCUT2D eigenvalue weighted by Gasteiger charge is -2.15. The standard InChI is InChI=1S/C22H28N4O4/c1-4-23-22(25-14-18-12-19(15(2)30-18)21(28)29-3)24-13-16-7-9-17(10-8-16)26-11-5-6-20(26)27/h7-10,12H,4-6,11,13-14H2,1-3H3,(H2,23,24,25). The number of methoxy groups -OCH3 is 1. The molecule has 0 radical (unpaired) electrons. The molecule has 30 heavy (non-hydrogen) atoms. The Morgan fingerprint density at radius 3 is 2.67 bits per heavy atom. The maximum absolute atomic E-state index is 11.9. The summed E-state index contributed by atoms with van der Waals surface area (Å²) in [6.07, 6.45) is 1.54. The minimum Gasteiger partial charge on any atom is -0.465 e. The fourth-order valence-electron chi connectivity index (χ4n) is 3.33. The van der Waals surface area contributed by atoms with Gasteiger partial charge in [0, 0.05) is 25.2 Å². The first kappa shape index (κ1) is 21.4. The van der Waals surface area contributed by atoms with Crippen molar-refractivity contribution in [3.63, 3.8) is 0 Å². The topological polar surface area (TPSA) is 96.2 Å². The Kier molecular flexibility index (Phi) is 7.11. The van der Waals surface area contributed by atoms with Crippen molar-refractivity contribution in [2.45, 2.75) is 39.8 Å². The number of carbonyl (C=O) groups is 2. The van der Waals surface area contributed by atoms with Gasteiger partial charge < -0.3 is 24.7 Å². The highest BCUT2D eigenvalue weighted by Gasteiger charge is 2.21. The molecule has 0 saturated carbocycles. The molecule has 3 rings (SSSR count). The van der Waals surface area contributed by atoms with Crippen LogP contribution in [0.5, 0.6) is 0 Å². The zero-order valence-electron chi connectivity index (χ0n) is 17.7. The van der Waals surface area contributed by atoms with Crippen molar-refractivity contribution in [3.05, 3.63) is 53.0 Å². The van der Waals surface area contributed by atoms with E-state index in [4.69, 9.17) is 9.15 Å². The molecule has 1 aliphatic rings. The number of esters is 1. The molecule has 1 aromatic carbocycles. The first-order chi connectivity index (χ1) is 14.5. The summed E-state index contributed by atoms with van der Waals surface area (Å²) < 4.78 is 10.4. The number of ether oxygens (including phenoxy) is 1. The van der Waals surface area contributed by atoms with E-state index in [0.29, 0.717) is 49.1 Å². The highest BCUT2D eigenvalue weighted by atomic mass is 16.5. The van der Waals surface area contributed by atoms with Crippen molar-refractivity contribution in [1.29, 1.82) is 0 Å². The monoisotopic (exact) mass is 412 g/mol. The van der Waals surface area contributed by atoms with Gasteiger partial charge in [0.25, 0.3) is 0 Å². The Hall–Kier alpha value is -3.29. The maximum Gasteiger partial charge on any atom is 0.341 e. The summed E-state index contributed by atoms with van der Waals surface area (Å²) in [6.45, 7) is 6.11. The van der Waals surface area contributed by atoms with Crippen LogP contribution in [-0.2, 0) is 22.6 Å². The Bertz CT molecular complexity index is 918. The van der Waals surface area contributed by atoms with Gasteiger partial charge in [-0.05, 0) is 44.0 Å². The smallest absolute Gasteiger partial charge is 0.341 e. The molecule has 2 N–H and O–H groups in total. The number of benzene rings is 1.